The van der Waals surface area contributed by atoms with Gasteiger partial charge in [0.25, 0.3) is 5.69 Å². The Bertz CT molecular complexity index is 1100. The Morgan fingerprint density at radius 1 is 1.16 bits per heavy atom. The molecule has 0 aliphatic rings. The third kappa shape index (κ3) is 10.1. The number of amides is 1. The SMILES string of the molecule is COc1cc(N)c(NC(C)=O)cc1N(CCCCO)CCCCO.N#Cc1cc([N+](=O)[O-])cc(Br)c1N. The molecule has 0 radical (unpaired) electrons. The normalized spacial score (nSPS) is 10.1. The number of hydrogen-bond acceptors (Lipinski definition) is 10. The van der Waals surface area contributed by atoms with Crippen LogP contribution in [0.15, 0.2) is 28.7 Å². The number of non-ortho nitro benzene ring substituents is 1. The first-order chi connectivity index (χ1) is 17.6. The van der Waals surface area contributed by atoms with Gasteiger partial charge in [0.15, 0.2) is 0 Å². The molecule has 2 rings (SSSR count). The first-order valence-corrected chi connectivity index (χ1v) is 12.2. The summed E-state index contributed by atoms with van der Waals surface area (Å²) >= 11 is 3.03. The molecular weight excluding hydrogens is 548 g/mol. The monoisotopic (exact) mass is 580 g/mol. The summed E-state index contributed by atoms with van der Waals surface area (Å²) in [7, 11) is 1.58. The first kappa shape index (κ1) is 31.4. The van der Waals surface area contributed by atoms with Crippen LogP contribution in [0.25, 0.3) is 0 Å². The van der Waals surface area contributed by atoms with Crippen LogP contribution in [0.2, 0.25) is 0 Å². The van der Waals surface area contributed by atoms with E-state index >= 15 is 0 Å². The maximum absolute atomic E-state index is 11.4. The van der Waals surface area contributed by atoms with Crippen molar-refractivity contribution in [3.05, 3.63) is 44.4 Å². The average Bonchev–Trinajstić information content (AvgIpc) is 2.86. The molecular formula is C24H33BrN6O6. The number of carbonyl (C=O) groups is 1. The summed E-state index contributed by atoms with van der Waals surface area (Å²) in [6.07, 6.45) is 3.09. The van der Waals surface area contributed by atoms with Crippen LogP contribution in [-0.2, 0) is 4.79 Å². The zero-order valence-electron chi connectivity index (χ0n) is 20.9. The predicted molar refractivity (Wildman–Crippen MR) is 146 cm³/mol. The van der Waals surface area contributed by atoms with E-state index in [-0.39, 0.29) is 36.1 Å². The lowest BCUT2D eigenvalue weighted by Gasteiger charge is -2.27. The second kappa shape index (κ2) is 16.2. The van der Waals surface area contributed by atoms with E-state index in [9.17, 15) is 14.9 Å². The van der Waals surface area contributed by atoms with Crippen LogP contribution in [0.1, 0.15) is 38.2 Å². The van der Waals surface area contributed by atoms with Crippen LogP contribution in [0, 0.1) is 21.4 Å². The Hall–Kier alpha value is -3.60. The van der Waals surface area contributed by atoms with Crippen molar-refractivity contribution in [3.63, 3.8) is 0 Å². The lowest BCUT2D eigenvalue weighted by atomic mass is 10.1. The number of rotatable bonds is 12. The number of aliphatic hydroxyl groups excluding tert-OH is 2. The van der Waals surface area contributed by atoms with Gasteiger partial charge in [0.1, 0.15) is 11.8 Å². The number of nitrogens with two attached hydrogens (primary N) is 2. The van der Waals surface area contributed by atoms with Crippen molar-refractivity contribution in [2.75, 3.05) is 55.1 Å². The zero-order chi connectivity index (χ0) is 28.0. The largest absolute Gasteiger partial charge is 0.495 e. The topological polar surface area (TPSA) is 201 Å². The van der Waals surface area contributed by atoms with Gasteiger partial charge in [0.05, 0.1) is 40.3 Å². The van der Waals surface area contributed by atoms with Gasteiger partial charge in [-0.2, -0.15) is 5.26 Å². The van der Waals surface area contributed by atoms with E-state index in [1.165, 1.54) is 13.0 Å². The van der Waals surface area contributed by atoms with Gasteiger partial charge in [-0.3, -0.25) is 14.9 Å². The van der Waals surface area contributed by atoms with E-state index < -0.39 is 4.92 Å². The summed E-state index contributed by atoms with van der Waals surface area (Å²) in [5, 5.41) is 39.7. The molecule has 0 bridgehead atoms. The Kier molecular flexibility index (Phi) is 13.8. The number of ether oxygens (including phenoxy) is 1. The van der Waals surface area contributed by atoms with Crippen molar-refractivity contribution in [1.82, 2.24) is 0 Å². The highest BCUT2D eigenvalue weighted by Gasteiger charge is 2.16. The summed E-state index contributed by atoms with van der Waals surface area (Å²) in [5.74, 6) is 0.444. The molecule has 0 saturated carbocycles. The quantitative estimate of drug-likeness (QED) is 0.107. The number of nitrogen functional groups attached to an aromatic ring is 2. The third-order valence-corrected chi connectivity index (χ3v) is 5.78. The van der Waals surface area contributed by atoms with Crippen LogP contribution >= 0.6 is 15.9 Å². The van der Waals surface area contributed by atoms with Crippen molar-refractivity contribution in [2.45, 2.75) is 32.6 Å². The molecule has 202 valence electrons. The molecule has 0 fully saturated rings. The van der Waals surface area contributed by atoms with Gasteiger partial charge in [-0.25, -0.2) is 0 Å². The highest BCUT2D eigenvalue weighted by Crippen LogP contribution is 2.36. The number of nitriles is 1. The number of benzene rings is 2. The minimum Gasteiger partial charge on any atom is -0.495 e. The van der Waals surface area contributed by atoms with Crippen LogP contribution in [-0.4, -0.2) is 54.5 Å². The molecule has 0 heterocycles. The molecule has 0 atom stereocenters. The molecule has 37 heavy (non-hydrogen) atoms. The molecule has 0 saturated heterocycles. The number of anilines is 4. The molecule has 13 heteroatoms. The number of carbonyl (C=O) groups excluding carboxylic acids is 1. The summed E-state index contributed by atoms with van der Waals surface area (Å²) in [4.78, 5) is 23.3. The molecule has 0 aliphatic heterocycles. The number of halogens is 1. The number of nitrogens with one attached hydrogen (secondary N) is 1. The number of hydrogen-bond donors (Lipinski definition) is 5. The Morgan fingerprint density at radius 3 is 2.22 bits per heavy atom. The number of nitro benzene ring substituents is 1. The van der Waals surface area contributed by atoms with Crippen molar-refractivity contribution < 1.29 is 24.7 Å². The third-order valence-electron chi connectivity index (χ3n) is 5.12. The maximum Gasteiger partial charge on any atom is 0.272 e. The standard InChI is InChI=1S/C17H29N3O4.C7H4BrN3O2/c1-13(23)19-15-12-16(17(24-2)11-14(15)18)20(7-3-5-9-21)8-4-6-10-22;8-6-2-5(11(12)13)1-4(3-9)7(6)10/h11-12,21-22H,3-10,18H2,1-2H3,(H,19,23);1-2H,10H2. The second-order valence-electron chi connectivity index (χ2n) is 7.90. The minimum absolute atomic E-state index is 0.0982. The molecule has 0 unspecified atom stereocenters. The van der Waals surface area contributed by atoms with E-state index in [4.69, 9.17) is 31.7 Å². The number of aliphatic hydroxyl groups is 2. The van der Waals surface area contributed by atoms with Gasteiger partial charge in [-0.1, -0.05) is 0 Å². The van der Waals surface area contributed by atoms with Crippen molar-refractivity contribution in [3.8, 4) is 11.8 Å². The zero-order valence-corrected chi connectivity index (χ0v) is 22.5. The number of nitrogens with zero attached hydrogens (tertiary/aromatic N) is 3. The van der Waals surface area contributed by atoms with Gasteiger partial charge in [-0.05, 0) is 47.7 Å². The van der Waals surface area contributed by atoms with Crippen molar-refractivity contribution in [2.24, 2.45) is 0 Å². The van der Waals surface area contributed by atoms with E-state index in [1.807, 2.05) is 6.07 Å². The summed E-state index contributed by atoms with van der Waals surface area (Å²) in [6, 6.07) is 7.68. The number of methoxy groups -OCH3 is 1. The molecule has 12 nitrogen and oxygen atoms in total. The molecule has 1 amide bonds. The summed E-state index contributed by atoms with van der Waals surface area (Å²) in [5.41, 5.74) is 13.4. The predicted octanol–water partition coefficient (Wildman–Crippen LogP) is 3.40. The fourth-order valence-electron chi connectivity index (χ4n) is 3.28. The van der Waals surface area contributed by atoms with E-state index in [2.05, 4.69) is 26.1 Å². The van der Waals surface area contributed by atoms with Crippen LogP contribution < -0.4 is 26.4 Å². The van der Waals surface area contributed by atoms with Gasteiger partial charge in [-0.15, -0.1) is 0 Å². The van der Waals surface area contributed by atoms with Crippen molar-refractivity contribution in [1.29, 1.82) is 5.26 Å². The Labute approximate surface area is 224 Å². The van der Waals surface area contributed by atoms with Gasteiger partial charge < -0.3 is 36.6 Å². The highest BCUT2D eigenvalue weighted by molar-refractivity contribution is 9.10. The van der Waals surface area contributed by atoms with Crippen LogP contribution in [0.3, 0.4) is 0 Å². The maximum atomic E-state index is 11.4. The summed E-state index contributed by atoms with van der Waals surface area (Å²) in [6.45, 7) is 3.22. The Morgan fingerprint density at radius 2 is 1.76 bits per heavy atom. The summed E-state index contributed by atoms with van der Waals surface area (Å²) < 4.78 is 5.81. The molecule has 2 aromatic carbocycles. The fraction of sp³-hybridized carbons (Fsp3) is 0.417. The highest BCUT2D eigenvalue weighted by atomic mass is 79.9. The van der Waals surface area contributed by atoms with Crippen LogP contribution in [0.5, 0.6) is 5.75 Å². The lowest BCUT2D eigenvalue weighted by Crippen LogP contribution is -2.27. The van der Waals surface area contributed by atoms with Crippen molar-refractivity contribution >= 4 is 50.3 Å². The van der Waals surface area contributed by atoms with Crippen LogP contribution in [0.4, 0.5) is 28.4 Å². The van der Waals surface area contributed by atoms with Gasteiger partial charge in [0, 0.05) is 55.9 Å². The molecule has 0 aliphatic carbocycles. The first-order valence-electron chi connectivity index (χ1n) is 11.4. The Balaban J connectivity index is 0.000000442. The second-order valence-corrected chi connectivity index (χ2v) is 8.75. The molecule has 0 spiro atoms. The molecule has 2 aromatic rings. The molecule has 7 N–H and O–H groups in total. The van der Waals surface area contributed by atoms with E-state index in [0.29, 0.717) is 34.4 Å². The average molecular weight is 581 g/mol. The number of unbranched alkanes of at least 4 members (excludes halogenated alkanes) is 2. The smallest absolute Gasteiger partial charge is 0.272 e. The van der Waals surface area contributed by atoms with E-state index in [0.717, 1.165) is 37.7 Å². The van der Waals surface area contributed by atoms with Gasteiger partial charge >= 0.3 is 0 Å². The fourth-order valence-corrected chi connectivity index (χ4v) is 3.72. The number of nitro groups is 1. The van der Waals surface area contributed by atoms with E-state index in [1.54, 1.807) is 19.2 Å². The lowest BCUT2D eigenvalue weighted by molar-refractivity contribution is -0.384. The molecule has 0 aromatic heterocycles. The van der Waals surface area contributed by atoms with Gasteiger partial charge in [0.2, 0.25) is 5.91 Å². The minimum atomic E-state index is -0.578.